The molecule has 1 aliphatic rings. The van der Waals surface area contributed by atoms with Gasteiger partial charge in [-0.05, 0) is 30.9 Å². The Morgan fingerprint density at radius 3 is 2.86 bits per heavy atom. The number of aryl methyl sites for hydroxylation is 1. The number of pyridine rings is 1. The van der Waals surface area contributed by atoms with Crippen LogP contribution in [0.1, 0.15) is 25.5 Å². The molecule has 0 aliphatic carbocycles. The lowest BCUT2D eigenvalue weighted by atomic mass is 9.94. The fourth-order valence-electron chi connectivity index (χ4n) is 2.57. The van der Waals surface area contributed by atoms with Crippen molar-refractivity contribution in [1.29, 1.82) is 0 Å². The van der Waals surface area contributed by atoms with E-state index in [1.54, 1.807) is 24.4 Å². The Morgan fingerprint density at radius 2 is 2.24 bits per heavy atom. The number of aliphatic carboxylic acids is 1. The molecule has 1 saturated heterocycles. The Kier molecular flexibility index (Phi) is 4.95. The Balaban J connectivity index is 2.08. The van der Waals surface area contributed by atoms with Crippen LogP contribution in [0.2, 0.25) is 0 Å². The van der Waals surface area contributed by atoms with Gasteiger partial charge in [0.05, 0.1) is 5.75 Å². The van der Waals surface area contributed by atoms with Gasteiger partial charge in [-0.3, -0.25) is 9.78 Å². The Hall–Kier alpha value is -1.47. The number of aromatic nitrogens is 1. The van der Waals surface area contributed by atoms with Crippen molar-refractivity contribution >= 4 is 16.0 Å². The van der Waals surface area contributed by atoms with E-state index >= 15 is 0 Å². The zero-order valence-corrected chi connectivity index (χ0v) is 12.8. The highest BCUT2D eigenvalue weighted by atomic mass is 32.2. The summed E-state index contributed by atoms with van der Waals surface area (Å²) in [6.45, 7) is 2.23. The van der Waals surface area contributed by atoms with Crippen LogP contribution in [-0.4, -0.2) is 47.1 Å². The minimum atomic E-state index is -3.59. The number of sulfonamides is 1. The van der Waals surface area contributed by atoms with Crippen molar-refractivity contribution in [2.75, 3.05) is 12.3 Å². The van der Waals surface area contributed by atoms with Crippen LogP contribution in [0.15, 0.2) is 24.4 Å². The van der Waals surface area contributed by atoms with Gasteiger partial charge in [-0.15, -0.1) is 0 Å². The quantitative estimate of drug-likeness (QED) is 0.881. The van der Waals surface area contributed by atoms with Crippen LogP contribution < -0.4 is 0 Å². The first kappa shape index (κ1) is 15.9. The molecule has 1 fully saturated rings. The highest BCUT2D eigenvalue weighted by molar-refractivity contribution is 7.89. The summed E-state index contributed by atoms with van der Waals surface area (Å²) in [7, 11) is -3.59. The summed E-state index contributed by atoms with van der Waals surface area (Å²) in [4.78, 5) is 15.4. The maximum Gasteiger partial charge on any atom is 0.322 e. The minimum absolute atomic E-state index is 0.109. The monoisotopic (exact) mass is 312 g/mol. The zero-order valence-electron chi connectivity index (χ0n) is 12.0. The van der Waals surface area contributed by atoms with Crippen LogP contribution in [0, 0.1) is 5.92 Å². The van der Waals surface area contributed by atoms with E-state index in [9.17, 15) is 18.3 Å². The van der Waals surface area contributed by atoms with E-state index in [0.29, 0.717) is 25.0 Å². The van der Waals surface area contributed by atoms with Crippen molar-refractivity contribution in [1.82, 2.24) is 9.29 Å². The van der Waals surface area contributed by atoms with Gasteiger partial charge >= 0.3 is 5.97 Å². The topological polar surface area (TPSA) is 87.6 Å². The van der Waals surface area contributed by atoms with E-state index in [4.69, 9.17) is 0 Å². The van der Waals surface area contributed by atoms with Gasteiger partial charge in [-0.25, -0.2) is 8.42 Å². The predicted molar refractivity (Wildman–Crippen MR) is 78.3 cm³/mol. The van der Waals surface area contributed by atoms with Crippen molar-refractivity contribution in [2.45, 2.75) is 32.2 Å². The van der Waals surface area contributed by atoms with E-state index in [2.05, 4.69) is 4.98 Å². The summed E-state index contributed by atoms with van der Waals surface area (Å²) >= 11 is 0. The lowest BCUT2D eigenvalue weighted by Gasteiger charge is -2.34. The second-order valence-electron chi connectivity index (χ2n) is 5.48. The summed E-state index contributed by atoms with van der Waals surface area (Å²) in [6, 6.07) is 4.40. The van der Waals surface area contributed by atoms with Crippen LogP contribution in [-0.2, 0) is 21.2 Å². The molecule has 2 atom stereocenters. The first-order chi connectivity index (χ1) is 9.90. The van der Waals surface area contributed by atoms with Crippen LogP contribution >= 0.6 is 0 Å². The fourth-order valence-corrected chi connectivity index (χ4v) is 4.22. The smallest absolute Gasteiger partial charge is 0.322 e. The summed E-state index contributed by atoms with van der Waals surface area (Å²) in [5.74, 6) is -0.946. The second kappa shape index (κ2) is 6.53. The van der Waals surface area contributed by atoms with Crippen LogP contribution in [0.3, 0.4) is 0 Å². The standard InChI is InChI=1S/C14H20N2O4S/c1-11-5-8-16(13(10-11)14(17)18)21(19,20)9-6-12-4-2-3-7-15-12/h2-4,7,11,13H,5-6,8-10H2,1H3,(H,17,18). The van der Waals surface area contributed by atoms with E-state index in [1.165, 1.54) is 0 Å². The zero-order chi connectivity index (χ0) is 15.5. The van der Waals surface area contributed by atoms with Gasteiger partial charge in [0, 0.05) is 24.9 Å². The third kappa shape index (κ3) is 4.01. The Morgan fingerprint density at radius 1 is 1.48 bits per heavy atom. The highest BCUT2D eigenvalue weighted by Crippen LogP contribution is 2.25. The Bertz CT molecular complexity index is 588. The fraction of sp³-hybridized carbons (Fsp3) is 0.571. The predicted octanol–water partition coefficient (Wildman–Crippen LogP) is 1.14. The third-order valence-electron chi connectivity index (χ3n) is 3.80. The molecule has 116 valence electrons. The van der Waals surface area contributed by atoms with Gasteiger partial charge in [0.15, 0.2) is 0 Å². The number of hydrogen-bond donors (Lipinski definition) is 1. The van der Waals surface area contributed by atoms with E-state index in [1.807, 2.05) is 6.92 Å². The second-order valence-corrected chi connectivity index (χ2v) is 7.52. The number of hydrogen-bond acceptors (Lipinski definition) is 4. The van der Waals surface area contributed by atoms with Crippen molar-refractivity contribution in [3.63, 3.8) is 0 Å². The summed E-state index contributed by atoms with van der Waals surface area (Å²) in [5.41, 5.74) is 0.693. The van der Waals surface area contributed by atoms with Gasteiger partial charge in [-0.1, -0.05) is 13.0 Å². The number of rotatable bonds is 5. The molecule has 2 heterocycles. The van der Waals surface area contributed by atoms with Crippen molar-refractivity contribution in [3.8, 4) is 0 Å². The lowest BCUT2D eigenvalue weighted by Crippen LogP contribution is -2.50. The minimum Gasteiger partial charge on any atom is -0.480 e. The molecule has 0 amide bonds. The molecule has 0 spiro atoms. The highest BCUT2D eigenvalue weighted by Gasteiger charge is 2.38. The molecule has 1 aromatic rings. The summed E-state index contributed by atoms with van der Waals surface area (Å²) in [5, 5.41) is 9.26. The third-order valence-corrected chi connectivity index (χ3v) is 5.67. The molecule has 0 saturated carbocycles. The first-order valence-electron chi connectivity index (χ1n) is 7.02. The molecule has 2 unspecified atom stereocenters. The number of nitrogens with zero attached hydrogens (tertiary/aromatic N) is 2. The molecule has 21 heavy (non-hydrogen) atoms. The Labute approximate surface area is 124 Å². The van der Waals surface area contributed by atoms with Gasteiger partial charge in [0.25, 0.3) is 0 Å². The van der Waals surface area contributed by atoms with Crippen molar-refractivity contribution in [2.24, 2.45) is 5.92 Å². The molecule has 0 aromatic carbocycles. The first-order valence-corrected chi connectivity index (χ1v) is 8.63. The molecule has 0 radical (unpaired) electrons. The van der Waals surface area contributed by atoms with Gasteiger partial charge in [0.1, 0.15) is 6.04 Å². The molecule has 1 aromatic heterocycles. The molecular weight excluding hydrogens is 292 g/mol. The molecule has 2 rings (SSSR count). The largest absolute Gasteiger partial charge is 0.480 e. The maximum absolute atomic E-state index is 12.4. The number of carboxylic acid groups (broad SMARTS) is 1. The van der Waals surface area contributed by atoms with E-state index < -0.39 is 22.0 Å². The number of carbonyl (C=O) groups is 1. The van der Waals surface area contributed by atoms with Gasteiger partial charge in [0.2, 0.25) is 10.0 Å². The molecule has 1 aliphatic heterocycles. The van der Waals surface area contributed by atoms with Crippen molar-refractivity contribution < 1.29 is 18.3 Å². The maximum atomic E-state index is 12.4. The lowest BCUT2D eigenvalue weighted by molar-refractivity contribution is -0.142. The normalized spacial score (nSPS) is 23.9. The van der Waals surface area contributed by atoms with Gasteiger partial charge < -0.3 is 5.11 Å². The molecule has 1 N–H and O–H groups in total. The average Bonchev–Trinajstić information content (AvgIpc) is 2.46. The van der Waals surface area contributed by atoms with E-state index in [0.717, 1.165) is 4.31 Å². The molecule has 7 heteroatoms. The van der Waals surface area contributed by atoms with Gasteiger partial charge in [-0.2, -0.15) is 4.31 Å². The van der Waals surface area contributed by atoms with Crippen molar-refractivity contribution in [3.05, 3.63) is 30.1 Å². The summed E-state index contributed by atoms with van der Waals surface area (Å²) < 4.78 is 26.0. The van der Waals surface area contributed by atoms with Crippen LogP contribution in [0.25, 0.3) is 0 Å². The SMILES string of the molecule is CC1CCN(S(=O)(=O)CCc2ccccn2)C(C(=O)O)C1. The molecule has 0 bridgehead atoms. The number of piperidine rings is 1. The van der Waals surface area contributed by atoms with E-state index in [-0.39, 0.29) is 18.2 Å². The average molecular weight is 312 g/mol. The van der Waals surface area contributed by atoms with Crippen LogP contribution in [0.4, 0.5) is 0 Å². The molecular formula is C14H20N2O4S. The molecule has 6 nitrogen and oxygen atoms in total. The van der Waals surface area contributed by atoms with Crippen LogP contribution in [0.5, 0.6) is 0 Å². The summed E-state index contributed by atoms with van der Waals surface area (Å²) in [6.07, 6.45) is 2.98. The number of carboxylic acids is 1.